The van der Waals surface area contributed by atoms with Crippen LogP contribution in [0.3, 0.4) is 0 Å². The van der Waals surface area contributed by atoms with E-state index in [1.54, 1.807) is 6.92 Å². The summed E-state index contributed by atoms with van der Waals surface area (Å²) in [6, 6.07) is 1.97. The molecule has 2 N–H and O–H groups in total. The smallest absolute Gasteiger partial charge is 0.251 e. The summed E-state index contributed by atoms with van der Waals surface area (Å²) in [7, 11) is 3.76. The molecule has 1 rings (SSSR count). The van der Waals surface area contributed by atoms with Crippen molar-refractivity contribution in [1.29, 1.82) is 0 Å². The van der Waals surface area contributed by atoms with Gasteiger partial charge in [-0.1, -0.05) is 0 Å². The summed E-state index contributed by atoms with van der Waals surface area (Å²) in [6.07, 6.45) is 0. The predicted molar refractivity (Wildman–Crippen MR) is 76.0 cm³/mol. The summed E-state index contributed by atoms with van der Waals surface area (Å²) < 4.78 is 27.4. The Balaban J connectivity index is 2.84. The van der Waals surface area contributed by atoms with E-state index in [4.69, 9.17) is 0 Å². The van der Waals surface area contributed by atoms with Crippen molar-refractivity contribution in [2.24, 2.45) is 0 Å². The standard InChI is InChI=1S/C14H21F2N3O/c1-5-17-13-11(15)6-10(7-12(13)16)14(20)18-9(2)8-19(3)4/h6-7,9,17H,5,8H2,1-4H3,(H,18,20). The van der Waals surface area contributed by atoms with Gasteiger partial charge in [0.1, 0.15) is 17.3 Å². The second-order valence-corrected chi connectivity index (χ2v) is 4.98. The van der Waals surface area contributed by atoms with E-state index in [1.807, 2.05) is 25.9 Å². The van der Waals surface area contributed by atoms with Gasteiger partial charge in [-0.2, -0.15) is 0 Å². The van der Waals surface area contributed by atoms with Crippen LogP contribution < -0.4 is 10.6 Å². The van der Waals surface area contributed by atoms with Crippen LogP contribution in [0.2, 0.25) is 0 Å². The second-order valence-electron chi connectivity index (χ2n) is 4.98. The number of hydrogen-bond donors (Lipinski definition) is 2. The summed E-state index contributed by atoms with van der Waals surface area (Å²) in [5.74, 6) is -2.02. The van der Waals surface area contributed by atoms with E-state index in [2.05, 4.69) is 10.6 Å². The van der Waals surface area contributed by atoms with Crippen molar-refractivity contribution in [3.05, 3.63) is 29.3 Å². The Kier molecular flexibility index (Phi) is 5.88. The van der Waals surface area contributed by atoms with Gasteiger partial charge in [0.15, 0.2) is 0 Å². The molecule has 0 spiro atoms. The lowest BCUT2D eigenvalue weighted by Gasteiger charge is -2.18. The summed E-state index contributed by atoms with van der Waals surface area (Å²) >= 11 is 0. The molecule has 112 valence electrons. The fourth-order valence-corrected chi connectivity index (χ4v) is 1.95. The number of nitrogens with one attached hydrogen (secondary N) is 2. The number of likely N-dealkylation sites (N-methyl/N-ethyl adjacent to an activating group) is 1. The molecule has 0 aliphatic rings. The highest BCUT2D eigenvalue weighted by Gasteiger charge is 2.16. The third-order valence-corrected chi connectivity index (χ3v) is 2.67. The molecular formula is C14H21F2N3O. The van der Waals surface area contributed by atoms with E-state index in [0.29, 0.717) is 13.1 Å². The first-order valence-corrected chi connectivity index (χ1v) is 6.53. The Labute approximate surface area is 118 Å². The van der Waals surface area contributed by atoms with Crippen molar-refractivity contribution < 1.29 is 13.6 Å². The monoisotopic (exact) mass is 285 g/mol. The molecule has 1 amide bonds. The fourth-order valence-electron chi connectivity index (χ4n) is 1.95. The van der Waals surface area contributed by atoms with Crippen molar-refractivity contribution in [3.63, 3.8) is 0 Å². The lowest BCUT2D eigenvalue weighted by Crippen LogP contribution is -2.39. The molecule has 20 heavy (non-hydrogen) atoms. The lowest BCUT2D eigenvalue weighted by atomic mass is 10.1. The molecule has 0 aromatic heterocycles. The van der Waals surface area contributed by atoms with Crippen LogP contribution in [0.15, 0.2) is 12.1 Å². The number of anilines is 1. The normalized spacial score (nSPS) is 12.3. The first kappa shape index (κ1) is 16.4. The Bertz CT molecular complexity index is 454. The fraction of sp³-hybridized carbons (Fsp3) is 0.500. The maximum atomic E-state index is 13.7. The lowest BCUT2D eigenvalue weighted by molar-refractivity contribution is 0.0933. The summed E-state index contributed by atoms with van der Waals surface area (Å²) in [4.78, 5) is 13.8. The van der Waals surface area contributed by atoms with Gasteiger partial charge in [0.05, 0.1) is 0 Å². The Hall–Kier alpha value is -1.69. The molecule has 0 fully saturated rings. The van der Waals surface area contributed by atoms with Crippen LogP contribution in [0.4, 0.5) is 14.5 Å². The van der Waals surface area contributed by atoms with Gasteiger partial charge in [0, 0.05) is 24.7 Å². The maximum absolute atomic E-state index is 13.7. The summed E-state index contributed by atoms with van der Waals surface area (Å²) in [6.45, 7) is 4.62. The third kappa shape index (κ3) is 4.45. The zero-order valence-corrected chi connectivity index (χ0v) is 12.3. The molecule has 1 aromatic rings. The molecule has 0 radical (unpaired) electrons. The summed E-state index contributed by atoms with van der Waals surface area (Å²) in [5, 5.41) is 5.29. The van der Waals surface area contributed by atoms with Crippen molar-refractivity contribution in [2.45, 2.75) is 19.9 Å². The summed E-state index contributed by atoms with van der Waals surface area (Å²) in [5.41, 5.74) is -0.224. The molecule has 4 nitrogen and oxygen atoms in total. The number of carbonyl (C=O) groups is 1. The van der Waals surface area contributed by atoms with Gasteiger partial charge in [-0.25, -0.2) is 8.78 Å². The largest absolute Gasteiger partial charge is 0.381 e. The van der Waals surface area contributed by atoms with Crippen molar-refractivity contribution >= 4 is 11.6 Å². The van der Waals surface area contributed by atoms with Gasteiger partial charge >= 0.3 is 0 Å². The van der Waals surface area contributed by atoms with Crippen molar-refractivity contribution in [1.82, 2.24) is 10.2 Å². The predicted octanol–water partition coefficient (Wildman–Crippen LogP) is 2.08. The SMILES string of the molecule is CCNc1c(F)cc(C(=O)NC(C)CN(C)C)cc1F. The quantitative estimate of drug-likeness (QED) is 0.841. The van der Waals surface area contributed by atoms with E-state index in [0.717, 1.165) is 12.1 Å². The van der Waals surface area contributed by atoms with Gasteiger partial charge in [0.2, 0.25) is 0 Å². The van der Waals surface area contributed by atoms with E-state index >= 15 is 0 Å². The molecule has 1 aromatic carbocycles. The molecule has 6 heteroatoms. The molecule has 1 unspecified atom stereocenters. The molecule has 0 aliphatic carbocycles. The zero-order valence-electron chi connectivity index (χ0n) is 12.3. The van der Waals surface area contributed by atoms with Crippen molar-refractivity contribution in [3.8, 4) is 0 Å². The Morgan fingerprint density at radius 3 is 2.30 bits per heavy atom. The van der Waals surface area contributed by atoms with E-state index in [9.17, 15) is 13.6 Å². The van der Waals surface area contributed by atoms with Gasteiger partial charge in [0.25, 0.3) is 5.91 Å². The van der Waals surface area contributed by atoms with Crippen molar-refractivity contribution in [2.75, 3.05) is 32.5 Å². The number of carbonyl (C=O) groups excluding carboxylic acids is 1. The molecular weight excluding hydrogens is 264 g/mol. The molecule has 0 heterocycles. The molecule has 0 aliphatic heterocycles. The van der Waals surface area contributed by atoms with Crippen LogP contribution in [0.25, 0.3) is 0 Å². The van der Waals surface area contributed by atoms with Crippen LogP contribution >= 0.6 is 0 Å². The zero-order chi connectivity index (χ0) is 15.3. The highest BCUT2D eigenvalue weighted by atomic mass is 19.1. The number of nitrogens with zero attached hydrogens (tertiary/aromatic N) is 1. The number of amides is 1. The average Bonchev–Trinajstić information content (AvgIpc) is 2.32. The minimum absolute atomic E-state index is 0.0211. The number of rotatable bonds is 6. The van der Waals surface area contributed by atoms with Crippen LogP contribution in [-0.2, 0) is 0 Å². The van der Waals surface area contributed by atoms with E-state index in [1.165, 1.54) is 0 Å². The first-order chi connectivity index (χ1) is 9.35. The molecule has 0 bridgehead atoms. The topological polar surface area (TPSA) is 44.4 Å². The minimum atomic E-state index is -0.766. The van der Waals surface area contributed by atoms with E-state index in [-0.39, 0.29) is 17.3 Å². The van der Waals surface area contributed by atoms with Gasteiger partial charge in [-0.05, 0) is 40.1 Å². The number of benzene rings is 1. The third-order valence-electron chi connectivity index (χ3n) is 2.67. The average molecular weight is 285 g/mol. The highest BCUT2D eigenvalue weighted by Crippen LogP contribution is 2.20. The molecule has 0 saturated heterocycles. The number of hydrogen-bond acceptors (Lipinski definition) is 3. The number of halogens is 2. The minimum Gasteiger partial charge on any atom is -0.381 e. The van der Waals surface area contributed by atoms with Crippen LogP contribution in [0, 0.1) is 11.6 Å². The first-order valence-electron chi connectivity index (χ1n) is 6.53. The van der Waals surface area contributed by atoms with Gasteiger partial charge in [-0.3, -0.25) is 4.79 Å². The van der Waals surface area contributed by atoms with Gasteiger partial charge in [-0.15, -0.1) is 0 Å². The van der Waals surface area contributed by atoms with Gasteiger partial charge < -0.3 is 15.5 Å². The Morgan fingerprint density at radius 2 is 1.85 bits per heavy atom. The highest BCUT2D eigenvalue weighted by molar-refractivity contribution is 5.94. The van der Waals surface area contributed by atoms with Crippen LogP contribution in [-0.4, -0.2) is 44.0 Å². The van der Waals surface area contributed by atoms with Crippen LogP contribution in [0.1, 0.15) is 24.2 Å². The van der Waals surface area contributed by atoms with E-state index < -0.39 is 17.5 Å². The Morgan fingerprint density at radius 1 is 1.30 bits per heavy atom. The maximum Gasteiger partial charge on any atom is 0.251 e. The molecule has 1 atom stereocenters. The second kappa shape index (κ2) is 7.19. The molecule has 0 saturated carbocycles. The van der Waals surface area contributed by atoms with Crippen LogP contribution in [0.5, 0.6) is 0 Å².